The fourth-order valence-corrected chi connectivity index (χ4v) is 1.79. The second-order valence-corrected chi connectivity index (χ2v) is 4.36. The molecule has 2 rings (SSSR count). The largest absolute Gasteiger partial charge is 0.398 e. The number of rotatable bonds is 3. The molecule has 0 aliphatic heterocycles. The third kappa shape index (κ3) is 2.54. The minimum Gasteiger partial charge on any atom is -0.398 e. The highest BCUT2D eigenvalue weighted by atomic mass is 19.2. The van der Waals surface area contributed by atoms with Gasteiger partial charge < -0.3 is 11.1 Å². The highest BCUT2D eigenvalue weighted by Crippen LogP contribution is 2.25. The predicted molar refractivity (Wildman–Crippen MR) is 60.4 cm³/mol. The molecule has 0 bridgehead atoms. The molecule has 17 heavy (non-hydrogen) atoms. The van der Waals surface area contributed by atoms with E-state index in [1.54, 1.807) is 0 Å². The number of benzene rings is 1. The van der Waals surface area contributed by atoms with E-state index in [9.17, 15) is 13.6 Å². The Morgan fingerprint density at radius 1 is 1.35 bits per heavy atom. The number of carbonyl (C=O) groups is 1. The van der Waals surface area contributed by atoms with Crippen LogP contribution in [0.1, 0.15) is 29.6 Å². The van der Waals surface area contributed by atoms with Gasteiger partial charge in [-0.05, 0) is 24.8 Å². The van der Waals surface area contributed by atoms with Gasteiger partial charge in [-0.15, -0.1) is 0 Å². The summed E-state index contributed by atoms with van der Waals surface area (Å²) < 4.78 is 25.8. The topological polar surface area (TPSA) is 55.1 Å². The third-order valence-electron chi connectivity index (χ3n) is 3.11. The van der Waals surface area contributed by atoms with E-state index in [1.165, 1.54) is 6.42 Å². The lowest BCUT2D eigenvalue weighted by molar-refractivity contribution is 0.0939. The highest BCUT2D eigenvalue weighted by molar-refractivity contribution is 5.99. The van der Waals surface area contributed by atoms with Gasteiger partial charge in [-0.25, -0.2) is 8.78 Å². The van der Waals surface area contributed by atoms with Crippen LogP contribution >= 0.6 is 0 Å². The molecular formula is C12H14F2N2O. The molecule has 3 nitrogen and oxygen atoms in total. The number of carbonyl (C=O) groups excluding carboxylic acids is 1. The van der Waals surface area contributed by atoms with Gasteiger partial charge in [0.1, 0.15) is 0 Å². The van der Waals surface area contributed by atoms with E-state index in [0.29, 0.717) is 12.5 Å². The van der Waals surface area contributed by atoms with Crippen LogP contribution in [0.5, 0.6) is 0 Å². The molecule has 0 saturated heterocycles. The van der Waals surface area contributed by atoms with E-state index in [4.69, 9.17) is 5.73 Å². The zero-order valence-corrected chi connectivity index (χ0v) is 9.30. The van der Waals surface area contributed by atoms with E-state index in [2.05, 4.69) is 5.32 Å². The molecule has 0 unspecified atom stereocenters. The van der Waals surface area contributed by atoms with E-state index in [1.807, 2.05) is 0 Å². The first-order valence-corrected chi connectivity index (χ1v) is 5.60. The highest BCUT2D eigenvalue weighted by Gasteiger charge is 2.19. The van der Waals surface area contributed by atoms with Crippen molar-refractivity contribution in [3.63, 3.8) is 0 Å². The molecule has 1 aromatic carbocycles. The van der Waals surface area contributed by atoms with E-state index < -0.39 is 17.5 Å². The van der Waals surface area contributed by atoms with Crippen molar-refractivity contribution in [1.29, 1.82) is 0 Å². The molecule has 0 aromatic heterocycles. The third-order valence-corrected chi connectivity index (χ3v) is 3.11. The maximum Gasteiger partial charge on any atom is 0.253 e. The standard InChI is InChI=1S/C12H14F2N2O/c13-9-4-8(11(15)5-10(9)14)12(17)16-6-7-2-1-3-7/h4-5,7H,1-3,6,15H2,(H,16,17). The monoisotopic (exact) mass is 240 g/mol. The van der Waals surface area contributed by atoms with Crippen LogP contribution in [-0.2, 0) is 0 Å². The van der Waals surface area contributed by atoms with Crippen molar-refractivity contribution in [2.24, 2.45) is 5.92 Å². The summed E-state index contributed by atoms with van der Waals surface area (Å²) in [4.78, 5) is 11.7. The Balaban J connectivity index is 2.04. The summed E-state index contributed by atoms with van der Waals surface area (Å²) in [6, 6.07) is 1.66. The van der Waals surface area contributed by atoms with Crippen molar-refractivity contribution in [3.05, 3.63) is 29.3 Å². The smallest absolute Gasteiger partial charge is 0.253 e. The Bertz CT molecular complexity index is 444. The van der Waals surface area contributed by atoms with E-state index in [-0.39, 0.29) is 11.3 Å². The number of hydrogen-bond acceptors (Lipinski definition) is 2. The normalized spacial score (nSPS) is 15.4. The minimum absolute atomic E-state index is 0.0109. The maximum atomic E-state index is 13.0. The zero-order valence-electron chi connectivity index (χ0n) is 9.30. The molecule has 0 spiro atoms. The van der Waals surface area contributed by atoms with E-state index >= 15 is 0 Å². The summed E-state index contributed by atoms with van der Waals surface area (Å²) >= 11 is 0. The number of nitrogen functional groups attached to an aromatic ring is 1. The number of nitrogens with two attached hydrogens (primary N) is 1. The minimum atomic E-state index is -1.06. The van der Waals surface area contributed by atoms with Crippen LogP contribution in [0.25, 0.3) is 0 Å². The molecule has 1 amide bonds. The molecule has 1 aliphatic rings. The van der Waals surface area contributed by atoms with Crippen molar-refractivity contribution >= 4 is 11.6 Å². The second kappa shape index (κ2) is 4.69. The lowest BCUT2D eigenvalue weighted by Gasteiger charge is -2.25. The first kappa shape index (κ1) is 11.8. The first-order chi connectivity index (χ1) is 8.08. The maximum absolute atomic E-state index is 13.0. The number of nitrogens with one attached hydrogen (secondary N) is 1. The predicted octanol–water partition coefficient (Wildman–Crippen LogP) is 2.08. The summed E-state index contributed by atoms with van der Waals surface area (Å²) in [5, 5.41) is 2.68. The van der Waals surface area contributed by atoms with Crippen molar-refractivity contribution < 1.29 is 13.6 Å². The molecular weight excluding hydrogens is 226 g/mol. The number of amides is 1. The summed E-state index contributed by atoms with van der Waals surface area (Å²) in [5.74, 6) is -2.05. The molecule has 3 N–H and O–H groups in total. The van der Waals surface area contributed by atoms with Crippen LogP contribution in [0.3, 0.4) is 0 Å². The van der Waals surface area contributed by atoms with Crippen molar-refractivity contribution in [1.82, 2.24) is 5.32 Å². The molecule has 0 heterocycles. The van der Waals surface area contributed by atoms with Crippen molar-refractivity contribution in [3.8, 4) is 0 Å². The van der Waals surface area contributed by atoms with Gasteiger partial charge in [-0.3, -0.25) is 4.79 Å². The van der Waals surface area contributed by atoms with Gasteiger partial charge in [0, 0.05) is 18.3 Å². The number of anilines is 1. The molecule has 1 aromatic rings. The quantitative estimate of drug-likeness (QED) is 0.795. The van der Waals surface area contributed by atoms with Gasteiger partial charge >= 0.3 is 0 Å². The van der Waals surface area contributed by atoms with Gasteiger partial charge in [-0.2, -0.15) is 0 Å². The summed E-state index contributed by atoms with van der Waals surface area (Å²) in [6.07, 6.45) is 3.40. The molecule has 0 atom stereocenters. The lowest BCUT2D eigenvalue weighted by atomic mass is 9.85. The summed E-state index contributed by atoms with van der Waals surface area (Å²) in [6.45, 7) is 0.567. The SMILES string of the molecule is Nc1cc(F)c(F)cc1C(=O)NCC1CCC1. The Labute approximate surface area is 98.0 Å². The molecule has 5 heteroatoms. The van der Waals surface area contributed by atoms with Crippen molar-refractivity contribution in [2.45, 2.75) is 19.3 Å². The van der Waals surface area contributed by atoms with Crippen LogP contribution in [-0.4, -0.2) is 12.5 Å². The fraction of sp³-hybridized carbons (Fsp3) is 0.417. The lowest BCUT2D eigenvalue weighted by Crippen LogP contribution is -2.32. The van der Waals surface area contributed by atoms with Crippen LogP contribution in [0.15, 0.2) is 12.1 Å². The average molecular weight is 240 g/mol. The Morgan fingerprint density at radius 2 is 2.00 bits per heavy atom. The average Bonchev–Trinajstić information content (AvgIpc) is 2.21. The summed E-state index contributed by atoms with van der Waals surface area (Å²) in [5.41, 5.74) is 5.42. The van der Waals surface area contributed by atoms with Crippen LogP contribution in [0.4, 0.5) is 14.5 Å². The van der Waals surface area contributed by atoms with Crippen molar-refractivity contribution in [2.75, 3.05) is 12.3 Å². The van der Waals surface area contributed by atoms with Gasteiger partial charge in [0.2, 0.25) is 0 Å². The van der Waals surface area contributed by atoms with Gasteiger partial charge in [-0.1, -0.05) is 6.42 Å². The fourth-order valence-electron chi connectivity index (χ4n) is 1.79. The van der Waals surface area contributed by atoms with Gasteiger partial charge in [0.05, 0.1) is 5.56 Å². The molecule has 1 aliphatic carbocycles. The van der Waals surface area contributed by atoms with Gasteiger partial charge in [0.25, 0.3) is 5.91 Å². The van der Waals surface area contributed by atoms with Gasteiger partial charge in [0.15, 0.2) is 11.6 Å². The molecule has 0 radical (unpaired) electrons. The zero-order chi connectivity index (χ0) is 12.4. The van der Waals surface area contributed by atoms with Crippen LogP contribution in [0.2, 0.25) is 0 Å². The Hall–Kier alpha value is -1.65. The summed E-state index contributed by atoms with van der Waals surface area (Å²) in [7, 11) is 0. The first-order valence-electron chi connectivity index (χ1n) is 5.60. The Kier molecular flexibility index (Phi) is 3.26. The van der Waals surface area contributed by atoms with Crippen LogP contribution in [0, 0.1) is 17.6 Å². The number of halogens is 2. The Morgan fingerprint density at radius 3 is 2.59 bits per heavy atom. The van der Waals surface area contributed by atoms with E-state index in [0.717, 1.165) is 25.0 Å². The number of hydrogen-bond donors (Lipinski definition) is 2. The second-order valence-electron chi connectivity index (χ2n) is 4.36. The van der Waals surface area contributed by atoms with Crippen LogP contribution < -0.4 is 11.1 Å². The molecule has 92 valence electrons. The molecule has 1 fully saturated rings. The molecule has 1 saturated carbocycles.